The monoisotopic (exact) mass is 655 g/mol. The van der Waals surface area contributed by atoms with Gasteiger partial charge in [-0.05, 0) is 66.3 Å². The highest BCUT2D eigenvalue weighted by Gasteiger charge is 2.53. The molecule has 0 unspecified atom stereocenters. The summed E-state index contributed by atoms with van der Waals surface area (Å²) in [5.41, 5.74) is 3.87. The zero-order chi connectivity index (χ0) is 32.3. The number of carbonyl (C=O) groups is 1. The average Bonchev–Trinajstić information content (AvgIpc) is 3.69. The third kappa shape index (κ3) is 6.92. The normalized spacial score (nSPS) is 22.4. The molecule has 6 atom stereocenters. The Morgan fingerprint density at radius 2 is 1.48 bits per heavy atom. The number of thioether (sulfide) groups is 1. The van der Waals surface area contributed by atoms with Crippen molar-refractivity contribution in [3.8, 4) is 0 Å². The lowest BCUT2D eigenvalue weighted by Crippen LogP contribution is -2.42. The first-order valence-electron chi connectivity index (χ1n) is 16.1. The van der Waals surface area contributed by atoms with Gasteiger partial charge in [0.1, 0.15) is 12.2 Å². The van der Waals surface area contributed by atoms with Gasteiger partial charge in [-0.15, -0.1) is 11.8 Å². The average molecular weight is 656 g/mol. The highest BCUT2D eigenvalue weighted by atomic mass is 35.5. The Morgan fingerprint density at radius 1 is 0.913 bits per heavy atom. The molecule has 4 aromatic rings. The quantitative estimate of drug-likeness (QED) is 0.173. The number of ether oxygens (including phenoxy) is 2. The number of nitrogens with zero attached hydrogens (tertiary/aromatic N) is 1. The van der Waals surface area contributed by atoms with Gasteiger partial charge in [-0.25, -0.2) is 0 Å². The van der Waals surface area contributed by atoms with Crippen LogP contribution >= 0.6 is 23.4 Å². The van der Waals surface area contributed by atoms with Gasteiger partial charge in [-0.3, -0.25) is 4.79 Å². The Bertz CT molecular complexity index is 1560. The summed E-state index contributed by atoms with van der Waals surface area (Å²) in [7, 11) is 1.79. The first-order valence-corrected chi connectivity index (χ1v) is 17.7. The summed E-state index contributed by atoms with van der Waals surface area (Å²) >= 11 is 8.27. The Labute approximate surface area is 281 Å². The van der Waals surface area contributed by atoms with Crippen molar-refractivity contribution in [3.63, 3.8) is 0 Å². The molecule has 46 heavy (non-hydrogen) atoms. The van der Waals surface area contributed by atoms with E-state index >= 15 is 0 Å². The van der Waals surface area contributed by atoms with Crippen molar-refractivity contribution < 1.29 is 19.4 Å². The minimum absolute atomic E-state index is 0.0333. The van der Waals surface area contributed by atoms with Crippen molar-refractivity contribution in [2.75, 3.05) is 13.3 Å². The largest absolute Gasteiger partial charge is 0.386 e. The summed E-state index contributed by atoms with van der Waals surface area (Å²) in [4.78, 5) is 17.0. The summed E-state index contributed by atoms with van der Waals surface area (Å²) in [5.74, 6) is -0.988. The van der Waals surface area contributed by atoms with Crippen molar-refractivity contribution in [2.45, 2.75) is 73.6 Å². The molecule has 2 fully saturated rings. The Kier molecular flexibility index (Phi) is 10.2. The van der Waals surface area contributed by atoms with E-state index < -0.39 is 23.9 Å². The summed E-state index contributed by atoms with van der Waals surface area (Å²) in [6, 6.07) is 35.7. The van der Waals surface area contributed by atoms with Crippen LogP contribution < -0.4 is 0 Å². The first-order chi connectivity index (χ1) is 22.3. The van der Waals surface area contributed by atoms with Crippen molar-refractivity contribution in [1.82, 2.24) is 4.90 Å². The molecule has 1 spiro atoms. The molecule has 4 aromatic carbocycles. The molecule has 0 bridgehead atoms. The van der Waals surface area contributed by atoms with E-state index in [0.29, 0.717) is 17.9 Å². The number of halogens is 1. The van der Waals surface area contributed by atoms with Crippen LogP contribution in [0.4, 0.5) is 0 Å². The lowest BCUT2D eigenvalue weighted by atomic mass is 9.86. The fourth-order valence-electron chi connectivity index (χ4n) is 7.07. The number of aliphatic hydroxyl groups excluding tert-OH is 1. The Balaban J connectivity index is 1.25. The molecule has 2 aliphatic rings. The molecule has 1 N–H and O–H groups in total. The topological polar surface area (TPSA) is 59.0 Å². The molecule has 1 amide bonds. The van der Waals surface area contributed by atoms with Crippen LogP contribution in [0.25, 0.3) is 0 Å². The van der Waals surface area contributed by atoms with Crippen LogP contribution in [-0.2, 0) is 14.3 Å². The second kappa shape index (κ2) is 14.3. The molecular formula is C39H42ClNO4S. The standard InChI is InChI=1S/C39H42ClNO4S/c1-26(35(42)28-13-7-4-8-14-28)41(2)38(43)32(31-19-20-34(46-3)33(40)24-31)23-27-21-22-39(25-27)44-36(29-15-9-5-10-16-29)37(45-39)30-17-11-6-12-18-30/h4-20,24,26-27,32,35-37,42H,21-23,25H2,1-3H3/t26-,27+,32-,35+,36+,37+/m1/s1. The van der Waals surface area contributed by atoms with Gasteiger partial charge < -0.3 is 19.5 Å². The number of hydrogen-bond acceptors (Lipinski definition) is 5. The Morgan fingerprint density at radius 3 is 2.02 bits per heavy atom. The van der Waals surface area contributed by atoms with Gasteiger partial charge in [-0.1, -0.05) is 109 Å². The molecule has 1 heterocycles. The highest BCUT2D eigenvalue weighted by Crippen LogP contribution is 2.55. The van der Waals surface area contributed by atoms with Gasteiger partial charge in [0.15, 0.2) is 5.79 Å². The van der Waals surface area contributed by atoms with Crippen molar-refractivity contribution in [3.05, 3.63) is 136 Å². The van der Waals surface area contributed by atoms with Crippen LogP contribution in [0.3, 0.4) is 0 Å². The van der Waals surface area contributed by atoms with E-state index in [2.05, 4.69) is 24.3 Å². The molecule has 7 heteroatoms. The number of aliphatic hydroxyl groups is 1. The number of amides is 1. The maximum absolute atomic E-state index is 14.4. The number of rotatable bonds is 10. The number of hydrogen-bond donors (Lipinski definition) is 1. The second-order valence-electron chi connectivity index (χ2n) is 12.6. The van der Waals surface area contributed by atoms with E-state index in [0.717, 1.165) is 40.0 Å². The maximum Gasteiger partial charge on any atom is 0.230 e. The lowest BCUT2D eigenvalue weighted by Gasteiger charge is -2.33. The van der Waals surface area contributed by atoms with E-state index in [1.807, 2.05) is 98.1 Å². The van der Waals surface area contributed by atoms with Crippen molar-refractivity contribution in [1.29, 1.82) is 0 Å². The number of benzene rings is 4. The van der Waals surface area contributed by atoms with Crippen molar-refractivity contribution >= 4 is 29.3 Å². The van der Waals surface area contributed by atoms with E-state index in [9.17, 15) is 9.90 Å². The van der Waals surface area contributed by atoms with E-state index in [1.54, 1.807) is 23.7 Å². The maximum atomic E-state index is 14.4. The summed E-state index contributed by atoms with van der Waals surface area (Å²) < 4.78 is 13.8. The minimum atomic E-state index is -0.807. The first kappa shape index (κ1) is 32.8. The second-order valence-corrected chi connectivity index (χ2v) is 13.9. The molecule has 5 nitrogen and oxygen atoms in total. The van der Waals surface area contributed by atoms with E-state index in [4.69, 9.17) is 21.1 Å². The smallest absolute Gasteiger partial charge is 0.230 e. The number of carbonyl (C=O) groups excluding carboxylic acids is 1. The molecule has 1 aliphatic carbocycles. The van der Waals surface area contributed by atoms with Crippen LogP contribution in [0.15, 0.2) is 114 Å². The summed E-state index contributed by atoms with van der Waals surface area (Å²) in [5, 5.41) is 11.8. The molecule has 0 radical (unpaired) electrons. The van der Waals surface area contributed by atoms with Crippen LogP contribution in [-0.4, -0.2) is 41.0 Å². The fraction of sp³-hybridized carbons (Fsp3) is 0.359. The SMILES string of the molecule is CSc1ccc([C@@H](C[C@@H]2CCC3(C2)O[C@@H](c2ccccc2)[C@H](c2ccccc2)O3)C(=O)N(C)[C@H](C)[C@H](O)c2ccccc2)cc1Cl. The molecule has 1 saturated heterocycles. The van der Waals surface area contributed by atoms with Crippen LogP contribution in [0.2, 0.25) is 5.02 Å². The fourth-order valence-corrected chi connectivity index (χ4v) is 7.95. The van der Waals surface area contributed by atoms with Gasteiger partial charge in [0.25, 0.3) is 0 Å². The van der Waals surface area contributed by atoms with Crippen LogP contribution in [0, 0.1) is 5.92 Å². The van der Waals surface area contributed by atoms with Gasteiger partial charge in [0.05, 0.1) is 23.1 Å². The van der Waals surface area contributed by atoms with Gasteiger partial charge in [-0.2, -0.15) is 0 Å². The molecular weight excluding hydrogens is 614 g/mol. The number of likely N-dealkylation sites (N-methyl/N-ethyl adjacent to an activating group) is 1. The van der Waals surface area contributed by atoms with Crippen LogP contribution in [0.1, 0.15) is 79.1 Å². The highest BCUT2D eigenvalue weighted by molar-refractivity contribution is 7.98. The van der Waals surface area contributed by atoms with E-state index in [-0.39, 0.29) is 24.0 Å². The zero-order valence-corrected chi connectivity index (χ0v) is 28.2. The van der Waals surface area contributed by atoms with Gasteiger partial charge >= 0.3 is 0 Å². The zero-order valence-electron chi connectivity index (χ0n) is 26.6. The molecule has 6 rings (SSSR count). The molecule has 240 valence electrons. The molecule has 0 aromatic heterocycles. The lowest BCUT2D eigenvalue weighted by molar-refractivity contribution is -0.173. The predicted molar refractivity (Wildman–Crippen MR) is 185 cm³/mol. The summed E-state index contributed by atoms with van der Waals surface area (Å²) in [6.45, 7) is 1.90. The predicted octanol–water partition coefficient (Wildman–Crippen LogP) is 9.14. The van der Waals surface area contributed by atoms with Crippen LogP contribution in [0.5, 0.6) is 0 Å². The van der Waals surface area contributed by atoms with Crippen molar-refractivity contribution in [2.24, 2.45) is 5.92 Å². The van der Waals surface area contributed by atoms with E-state index in [1.165, 1.54) is 0 Å². The molecule has 1 saturated carbocycles. The van der Waals surface area contributed by atoms with Gasteiger partial charge in [0.2, 0.25) is 5.91 Å². The summed E-state index contributed by atoms with van der Waals surface area (Å²) in [6.07, 6.45) is 3.73. The molecule has 1 aliphatic heterocycles. The third-order valence-electron chi connectivity index (χ3n) is 9.75. The third-order valence-corrected chi connectivity index (χ3v) is 11.0. The van der Waals surface area contributed by atoms with Gasteiger partial charge in [0, 0.05) is 24.8 Å². The minimum Gasteiger partial charge on any atom is -0.386 e. The Hall–Kier alpha value is -3.13.